The van der Waals surface area contributed by atoms with Crippen molar-refractivity contribution in [3.8, 4) is 0 Å². The molecule has 0 aliphatic rings. The summed E-state index contributed by atoms with van der Waals surface area (Å²) in [6.07, 6.45) is 33.1. The Kier molecular flexibility index (Phi) is 27.1. The average molecular weight is 586 g/mol. The minimum Gasteiger partial charge on any atom is -0.387 e. The summed E-state index contributed by atoms with van der Waals surface area (Å²) < 4.78 is 32.1. The maximum Gasteiger partial charge on any atom is 0.267 e. The number of amides is 1. The first-order valence-corrected chi connectivity index (χ1v) is 18.1. The predicted octanol–water partition coefficient (Wildman–Crippen LogP) is 8.84. The van der Waals surface area contributed by atoms with E-state index < -0.39 is 28.0 Å². The van der Waals surface area contributed by atoms with Gasteiger partial charge in [0.1, 0.15) is 0 Å². The van der Waals surface area contributed by atoms with Gasteiger partial charge in [-0.2, -0.15) is 8.42 Å². The number of hydrogen-bond donors (Lipinski definition) is 3. The molecule has 0 aromatic rings. The van der Waals surface area contributed by atoms with E-state index in [1.165, 1.54) is 109 Å². The van der Waals surface area contributed by atoms with Crippen LogP contribution in [0.2, 0.25) is 0 Å². The molecular weight excluding hydrogens is 522 g/mol. The maximum atomic E-state index is 12.4. The van der Waals surface area contributed by atoms with E-state index in [1.54, 1.807) is 6.08 Å². The van der Waals surface area contributed by atoms with Crippen LogP contribution in [-0.4, -0.2) is 41.9 Å². The van der Waals surface area contributed by atoms with Crippen molar-refractivity contribution in [3.05, 3.63) is 24.3 Å². The number of hydrogen-bond acceptors (Lipinski definition) is 4. The Hall–Kier alpha value is -1.18. The molecule has 0 radical (unpaired) electrons. The fourth-order valence-electron chi connectivity index (χ4n) is 4.88. The Morgan fingerprint density at radius 3 is 1.57 bits per heavy atom. The van der Waals surface area contributed by atoms with Gasteiger partial charge in [-0.15, -0.1) is 0 Å². The van der Waals surface area contributed by atoms with Crippen molar-refractivity contribution in [3.63, 3.8) is 0 Å². The molecule has 0 fully saturated rings. The fraction of sp³-hybridized carbons (Fsp3) is 0.848. The Bertz CT molecular complexity index is 735. The molecule has 0 aliphatic heterocycles. The van der Waals surface area contributed by atoms with Gasteiger partial charge >= 0.3 is 0 Å². The molecule has 7 heteroatoms. The number of carbonyl (C=O) groups excluding carboxylic acids is 1. The zero-order chi connectivity index (χ0) is 29.7. The first-order valence-electron chi connectivity index (χ1n) is 16.5. The SMILES string of the molecule is CCCCC/C=C/CC/C=C/C(O)C(CS(=O)(=O)O)NC(=O)CCCCCCCCCCCCCCCCCC. The molecule has 1 amide bonds. The minimum absolute atomic E-state index is 0.290. The summed E-state index contributed by atoms with van der Waals surface area (Å²) in [5.74, 6) is -0.998. The lowest BCUT2D eigenvalue weighted by molar-refractivity contribution is -0.122. The molecule has 0 saturated heterocycles. The molecule has 2 unspecified atom stereocenters. The smallest absolute Gasteiger partial charge is 0.267 e. The van der Waals surface area contributed by atoms with Crippen LogP contribution in [0.4, 0.5) is 0 Å². The van der Waals surface area contributed by atoms with Crippen LogP contribution < -0.4 is 5.32 Å². The van der Waals surface area contributed by atoms with Gasteiger partial charge in [-0.3, -0.25) is 9.35 Å². The molecule has 0 spiro atoms. The Morgan fingerprint density at radius 1 is 0.650 bits per heavy atom. The van der Waals surface area contributed by atoms with Gasteiger partial charge in [0.25, 0.3) is 10.1 Å². The summed E-state index contributed by atoms with van der Waals surface area (Å²) >= 11 is 0. The van der Waals surface area contributed by atoms with E-state index in [1.807, 2.05) is 0 Å². The summed E-state index contributed by atoms with van der Waals surface area (Å²) in [5.41, 5.74) is 0. The number of aliphatic hydroxyl groups excluding tert-OH is 1. The van der Waals surface area contributed by atoms with E-state index in [0.29, 0.717) is 12.8 Å². The summed E-state index contributed by atoms with van der Waals surface area (Å²) in [5, 5.41) is 13.1. The van der Waals surface area contributed by atoms with E-state index in [0.717, 1.165) is 32.1 Å². The lowest BCUT2D eigenvalue weighted by Crippen LogP contribution is -2.46. The number of rotatable bonds is 29. The van der Waals surface area contributed by atoms with Gasteiger partial charge in [0, 0.05) is 6.42 Å². The van der Waals surface area contributed by atoms with Crippen molar-refractivity contribution in [1.82, 2.24) is 5.32 Å². The van der Waals surface area contributed by atoms with Crippen molar-refractivity contribution in [2.24, 2.45) is 0 Å². The molecule has 3 N–H and O–H groups in total. The van der Waals surface area contributed by atoms with Crippen LogP contribution in [0.25, 0.3) is 0 Å². The quantitative estimate of drug-likeness (QED) is 0.0462. The third kappa shape index (κ3) is 28.4. The van der Waals surface area contributed by atoms with Crippen LogP contribution in [0.3, 0.4) is 0 Å². The summed E-state index contributed by atoms with van der Waals surface area (Å²) in [6.45, 7) is 4.44. The van der Waals surface area contributed by atoms with Crippen LogP contribution in [0.5, 0.6) is 0 Å². The van der Waals surface area contributed by atoms with Crippen LogP contribution in [0, 0.1) is 0 Å². The second-order valence-electron chi connectivity index (χ2n) is 11.4. The highest BCUT2D eigenvalue weighted by Gasteiger charge is 2.24. The molecule has 0 aromatic carbocycles. The zero-order valence-electron chi connectivity index (χ0n) is 26.0. The lowest BCUT2D eigenvalue weighted by atomic mass is 10.0. The second-order valence-corrected chi connectivity index (χ2v) is 12.9. The van der Waals surface area contributed by atoms with Gasteiger partial charge in [0.2, 0.25) is 5.91 Å². The highest BCUT2D eigenvalue weighted by molar-refractivity contribution is 7.85. The Labute approximate surface area is 247 Å². The second kappa shape index (κ2) is 28.0. The number of allylic oxidation sites excluding steroid dienone is 3. The van der Waals surface area contributed by atoms with Gasteiger partial charge in [0.05, 0.1) is 17.9 Å². The molecular formula is C33H63NO5S. The minimum atomic E-state index is -4.34. The molecule has 40 heavy (non-hydrogen) atoms. The lowest BCUT2D eigenvalue weighted by Gasteiger charge is -2.21. The van der Waals surface area contributed by atoms with Crippen LogP contribution >= 0.6 is 0 Å². The Balaban J connectivity index is 3.98. The van der Waals surface area contributed by atoms with Gasteiger partial charge in [0.15, 0.2) is 0 Å². The maximum absolute atomic E-state index is 12.4. The zero-order valence-corrected chi connectivity index (χ0v) is 26.8. The van der Waals surface area contributed by atoms with Crippen molar-refractivity contribution < 1.29 is 22.9 Å². The van der Waals surface area contributed by atoms with Gasteiger partial charge in [-0.1, -0.05) is 147 Å². The van der Waals surface area contributed by atoms with Crippen molar-refractivity contribution >= 4 is 16.0 Å². The van der Waals surface area contributed by atoms with Crippen LogP contribution in [0.15, 0.2) is 24.3 Å². The third-order valence-corrected chi connectivity index (χ3v) is 8.16. The van der Waals surface area contributed by atoms with E-state index >= 15 is 0 Å². The molecule has 0 rings (SSSR count). The average Bonchev–Trinajstić information content (AvgIpc) is 2.90. The molecule has 0 bridgehead atoms. The molecule has 2 atom stereocenters. The van der Waals surface area contributed by atoms with E-state index in [-0.39, 0.29) is 5.91 Å². The highest BCUT2D eigenvalue weighted by Crippen LogP contribution is 2.14. The van der Waals surface area contributed by atoms with E-state index in [4.69, 9.17) is 0 Å². The number of aliphatic hydroxyl groups is 1. The third-order valence-electron chi connectivity index (χ3n) is 7.38. The summed E-state index contributed by atoms with van der Waals surface area (Å²) in [7, 11) is -4.34. The van der Waals surface area contributed by atoms with Gasteiger partial charge < -0.3 is 10.4 Å². The predicted molar refractivity (Wildman–Crippen MR) is 170 cm³/mol. The number of nitrogens with one attached hydrogen (secondary N) is 1. The molecule has 0 aromatic heterocycles. The van der Waals surface area contributed by atoms with Crippen LogP contribution in [-0.2, 0) is 14.9 Å². The van der Waals surface area contributed by atoms with Gasteiger partial charge in [-0.05, 0) is 32.1 Å². The number of unbranched alkanes of at least 4 members (excludes halogenated alkanes) is 19. The molecule has 0 aliphatic carbocycles. The largest absolute Gasteiger partial charge is 0.387 e. The normalized spacial score (nSPS) is 13.8. The standard InChI is InChI=1S/C33H63NO5S/c1-3-5-7-9-11-13-14-15-16-17-18-19-21-23-25-27-29-33(36)34-31(30-40(37,38)39)32(35)28-26-24-22-20-12-10-8-6-4-2/h12,20,26,28,31-32,35H,3-11,13-19,21-25,27,29-30H2,1-2H3,(H,34,36)(H,37,38,39)/b20-12+,28-26+. The first-order chi connectivity index (χ1) is 19.3. The van der Waals surface area contributed by atoms with Crippen molar-refractivity contribution in [2.75, 3.05) is 5.75 Å². The van der Waals surface area contributed by atoms with Gasteiger partial charge in [-0.25, -0.2) is 0 Å². The summed E-state index contributed by atoms with van der Waals surface area (Å²) in [4.78, 5) is 12.4. The fourth-order valence-corrected chi connectivity index (χ4v) is 5.61. The molecule has 0 saturated carbocycles. The Morgan fingerprint density at radius 2 is 1.07 bits per heavy atom. The molecule has 6 nitrogen and oxygen atoms in total. The molecule has 0 heterocycles. The van der Waals surface area contributed by atoms with E-state index in [2.05, 4.69) is 31.3 Å². The topological polar surface area (TPSA) is 104 Å². The van der Waals surface area contributed by atoms with Crippen molar-refractivity contribution in [2.45, 2.75) is 174 Å². The van der Waals surface area contributed by atoms with Crippen LogP contribution in [0.1, 0.15) is 162 Å². The van der Waals surface area contributed by atoms with E-state index in [9.17, 15) is 22.9 Å². The highest BCUT2D eigenvalue weighted by atomic mass is 32.2. The van der Waals surface area contributed by atoms with Crippen molar-refractivity contribution in [1.29, 1.82) is 0 Å². The molecule has 236 valence electrons. The number of carbonyl (C=O) groups is 1. The first kappa shape index (κ1) is 38.8. The monoisotopic (exact) mass is 585 g/mol. The summed E-state index contributed by atoms with van der Waals surface area (Å²) in [6, 6.07) is -1.07.